The molecule has 2 N–H and O–H groups in total. The SMILES string of the molecule is CCc1nc(C(C)NC(=O)Nc2c(C)ccc([N+](=O)[O-])c2C)cs1. The third-order valence-corrected chi connectivity index (χ3v) is 4.75. The van der Waals surface area contributed by atoms with Crippen molar-refractivity contribution in [2.24, 2.45) is 0 Å². The van der Waals surface area contributed by atoms with Crippen LogP contribution in [0.25, 0.3) is 0 Å². The molecule has 24 heavy (non-hydrogen) atoms. The Morgan fingerprint density at radius 3 is 2.71 bits per heavy atom. The van der Waals surface area contributed by atoms with Crippen LogP contribution >= 0.6 is 11.3 Å². The van der Waals surface area contributed by atoms with E-state index in [1.54, 1.807) is 31.3 Å². The number of nitro benzene ring substituents is 1. The highest BCUT2D eigenvalue weighted by Crippen LogP contribution is 2.28. The molecule has 2 aromatic rings. The monoisotopic (exact) mass is 348 g/mol. The Hall–Kier alpha value is -2.48. The van der Waals surface area contributed by atoms with Gasteiger partial charge in [0.25, 0.3) is 5.69 Å². The first-order valence-corrected chi connectivity index (χ1v) is 8.47. The van der Waals surface area contributed by atoms with Crippen LogP contribution in [0.3, 0.4) is 0 Å². The number of aryl methyl sites for hydroxylation is 2. The van der Waals surface area contributed by atoms with E-state index >= 15 is 0 Å². The van der Waals surface area contributed by atoms with Crippen molar-refractivity contribution in [3.63, 3.8) is 0 Å². The molecule has 0 bridgehead atoms. The molecule has 0 saturated carbocycles. The molecule has 0 radical (unpaired) electrons. The van der Waals surface area contributed by atoms with E-state index in [1.807, 2.05) is 19.2 Å². The molecule has 0 saturated heterocycles. The Kier molecular flexibility index (Phi) is 5.50. The van der Waals surface area contributed by atoms with Crippen molar-refractivity contribution in [2.75, 3.05) is 5.32 Å². The summed E-state index contributed by atoms with van der Waals surface area (Å²) in [5, 5.41) is 19.5. The van der Waals surface area contributed by atoms with Crippen LogP contribution in [0, 0.1) is 24.0 Å². The van der Waals surface area contributed by atoms with Crippen molar-refractivity contribution in [1.29, 1.82) is 0 Å². The van der Waals surface area contributed by atoms with Crippen molar-refractivity contribution in [2.45, 2.75) is 40.2 Å². The average molecular weight is 348 g/mol. The molecule has 1 heterocycles. The van der Waals surface area contributed by atoms with E-state index < -0.39 is 11.0 Å². The van der Waals surface area contributed by atoms with Gasteiger partial charge >= 0.3 is 6.03 Å². The van der Waals surface area contributed by atoms with Gasteiger partial charge in [-0.3, -0.25) is 10.1 Å². The first kappa shape index (κ1) is 17.9. The highest BCUT2D eigenvalue weighted by Gasteiger charge is 2.19. The summed E-state index contributed by atoms with van der Waals surface area (Å²) in [6.45, 7) is 7.30. The fourth-order valence-corrected chi connectivity index (χ4v) is 3.17. The van der Waals surface area contributed by atoms with E-state index in [4.69, 9.17) is 0 Å². The van der Waals surface area contributed by atoms with Crippen LogP contribution in [0.5, 0.6) is 0 Å². The molecule has 7 nitrogen and oxygen atoms in total. The van der Waals surface area contributed by atoms with Gasteiger partial charge in [0, 0.05) is 11.4 Å². The largest absolute Gasteiger partial charge is 0.330 e. The molecule has 0 fully saturated rings. The minimum absolute atomic E-state index is 0.0176. The van der Waals surface area contributed by atoms with Gasteiger partial charge in [-0.25, -0.2) is 9.78 Å². The molecule has 0 aliphatic rings. The van der Waals surface area contributed by atoms with Crippen molar-refractivity contribution >= 4 is 28.7 Å². The van der Waals surface area contributed by atoms with Crippen LogP contribution in [-0.4, -0.2) is 15.9 Å². The lowest BCUT2D eigenvalue weighted by molar-refractivity contribution is -0.385. The number of benzene rings is 1. The summed E-state index contributed by atoms with van der Waals surface area (Å²) >= 11 is 1.56. The van der Waals surface area contributed by atoms with Crippen LogP contribution in [0.4, 0.5) is 16.2 Å². The van der Waals surface area contributed by atoms with Gasteiger partial charge in [0.15, 0.2) is 0 Å². The van der Waals surface area contributed by atoms with E-state index in [0.717, 1.165) is 22.7 Å². The third-order valence-electron chi connectivity index (χ3n) is 3.74. The average Bonchev–Trinajstić information content (AvgIpc) is 3.00. The fraction of sp³-hybridized carbons (Fsp3) is 0.375. The van der Waals surface area contributed by atoms with Gasteiger partial charge in [0.1, 0.15) is 0 Å². The molecule has 2 rings (SSSR count). The Labute approximate surface area is 144 Å². The lowest BCUT2D eigenvalue weighted by Gasteiger charge is -2.15. The maximum absolute atomic E-state index is 12.2. The Morgan fingerprint density at radius 2 is 2.12 bits per heavy atom. The summed E-state index contributed by atoms with van der Waals surface area (Å²) in [6.07, 6.45) is 0.857. The predicted molar refractivity (Wildman–Crippen MR) is 94.6 cm³/mol. The Bertz CT molecular complexity index is 773. The van der Waals surface area contributed by atoms with Gasteiger partial charge < -0.3 is 10.6 Å². The summed E-state index contributed by atoms with van der Waals surface area (Å²) in [6, 6.07) is 2.40. The second kappa shape index (κ2) is 7.39. The van der Waals surface area contributed by atoms with Gasteiger partial charge in [-0.15, -0.1) is 11.3 Å². The minimum Gasteiger partial charge on any atom is -0.330 e. The Balaban J connectivity index is 2.12. The van der Waals surface area contributed by atoms with Crippen LogP contribution in [0.2, 0.25) is 0 Å². The zero-order valence-electron chi connectivity index (χ0n) is 14.0. The zero-order chi connectivity index (χ0) is 17.9. The molecule has 0 aliphatic carbocycles. The van der Waals surface area contributed by atoms with Crippen molar-refractivity contribution in [3.05, 3.63) is 49.5 Å². The molecule has 0 spiro atoms. The summed E-state index contributed by atoms with van der Waals surface area (Å²) in [7, 11) is 0. The summed E-state index contributed by atoms with van der Waals surface area (Å²) < 4.78 is 0. The topological polar surface area (TPSA) is 97.2 Å². The molecule has 128 valence electrons. The van der Waals surface area contributed by atoms with Crippen molar-refractivity contribution in [1.82, 2.24) is 10.3 Å². The molecular weight excluding hydrogens is 328 g/mol. The van der Waals surface area contributed by atoms with E-state index in [2.05, 4.69) is 15.6 Å². The number of urea groups is 1. The normalized spacial score (nSPS) is 11.8. The van der Waals surface area contributed by atoms with Crippen molar-refractivity contribution in [3.8, 4) is 0 Å². The molecule has 8 heteroatoms. The Morgan fingerprint density at radius 1 is 1.42 bits per heavy atom. The molecule has 0 aliphatic heterocycles. The van der Waals surface area contributed by atoms with Crippen molar-refractivity contribution < 1.29 is 9.72 Å². The number of nitrogens with zero attached hydrogens (tertiary/aromatic N) is 2. The van der Waals surface area contributed by atoms with E-state index in [9.17, 15) is 14.9 Å². The fourth-order valence-electron chi connectivity index (χ4n) is 2.33. The standard InChI is InChI=1S/C16H20N4O3S/c1-5-14-18-12(8-24-14)11(4)17-16(21)19-15-9(2)6-7-13(10(15)3)20(22)23/h6-8,11H,5H2,1-4H3,(H2,17,19,21). The highest BCUT2D eigenvalue weighted by molar-refractivity contribution is 7.09. The second-order valence-electron chi connectivity index (χ2n) is 5.50. The number of hydrogen-bond donors (Lipinski definition) is 2. The van der Waals surface area contributed by atoms with E-state index in [-0.39, 0.29) is 11.7 Å². The maximum Gasteiger partial charge on any atom is 0.319 e. The van der Waals surface area contributed by atoms with Gasteiger partial charge in [-0.2, -0.15) is 0 Å². The van der Waals surface area contributed by atoms with Crippen LogP contribution in [0.1, 0.15) is 41.7 Å². The smallest absolute Gasteiger partial charge is 0.319 e. The number of rotatable bonds is 5. The zero-order valence-corrected chi connectivity index (χ0v) is 14.9. The first-order valence-electron chi connectivity index (χ1n) is 7.59. The van der Waals surface area contributed by atoms with E-state index in [1.165, 1.54) is 6.07 Å². The second-order valence-corrected chi connectivity index (χ2v) is 6.44. The summed E-state index contributed by atoms with van der Waals surface area (Å²) in [4.78, 5) is 27.3. The number of nitro groups is 1. The molecule has 1 aromatic heterocycles. The van der Waals surface area contributed by atoms with E-state index in [0.29, 0.717) is 11.3 Å². The molecule has 1 unspecified atom stereocenters. The minimum atomic E-state index is -0.456. The molecule has 1 aromatic carbocycles. The van der Waals surface area contributed by atoms with Gasteiger partial charge in [0.05, 0.1) is 32.9 Å². The number of hydrogen-bond acceptors (Lipinski definition) is 5. The molecule has 1 atom stereocenters. The number of aromatic nitrogens is 1. The summed E-state index contributed by atoms with van der Waals surface area (Å²) in [5.41, 5.74) is 2.45. The number of nitrogens with one attached hydrogen (secondary N) is 2. The third kappa shape index (κ3) is 3.88. The lowest BCUT2D eigenvalue weighted by atomic mass is 10.1. The van der Waals surface area contributed by atoms with Gasteiger partial charge in [0.2, 0.25) is 0 Å². The van der Waals surface area contributed by atoms with Gasteiger partial charge in [-0.1, -0.05) is 13.0 Å². The maximum atomic E-state index is 12.2. The predicted octanol–water partition coefficient (Wildman–Crippen LogP) is 4.11. The molecule has 2 amide bonds. The summed E-state index contributed by atoms with van der Waals surface area (Å²) in [5.74, 6) is 0. The number of amides is 2. The molecular formula is C16H20N4O3S. The number of carbonyl (C=O) groups is 1. The van der Waals surface area contributed by atoms with Gasteiger partial charge in [-0.05, 0) is 32.8 Å². The number of thiazole rings is 1. The quantitative estimate of drug-likeness (QED) is 0.627. The van der Waals surface area contributed by atoms with Crippen LogP contribution < -0.4 is 10.6 Å². The lowest BCUT2D eigenvalue weighted by Crippen LogP contribution is -2.31. The van der Waals surface area contributed by atoms with Crippen LogP contribution in [-0.2, 0) is 6.42 Å². The van der Waals surface area contributed by atoms with Crippen LogP contribution in [0.15, 0.2) is 17.5 Å². The highest BCUT2D eigenvalue weighted by atomic mass is 32.1. The number of carbonyl (C=O) groups excluding carboxylic acids is 1. The number of anilines is 1. The first-order chi connectivity index (χ1) is 11.3.